The van der Waals surface area contributed by atoms with Gasteiger partial charge >= 0.3 is 0 Å². The molecule has 0 saturated heterocycles. The third-order valence-electron chi connectivity index (χ3n) is 4.41. The topological polar surface area (TPSA) is 99.5 Å². The molecular weight excluding hydrogens is 406 g/mol. The van der Waals surface area contributed by atoms with Crippen LogP contribution in [0, 0.1) is 0 Å². The van der Waals surface area contributed by atoms with Crippen molar-refractivity contribution in [2.75, 3.05) is 11.6 Å². The van der Waals surface area contributed by atoms with Crippen molar-refractivity contribution in [3.05, 3.63) is 60.3 Å². The summed E-state index contributed by atoms with van der Waals surface area (Å²) in [6.45, 7) is 0. The van der Waals surface area contributed by atoms with Crippen LogP contribution < -0.4 is 14.8 Å². The molecule has 0 aliphatic heterocycles. The van der Waals surface area contributed by atoms with Crippen LogP contribution in [0.3, 0.4) is 0 Å². The van der Waals surface area contributed by atoms with E-state index in [1.807, 2.05) is 0 Å². The van der Waals surface area contributed by atoms with Crippen molar-refractivity contribution in [1.82, 2.24) is 9.78 Å². The van der Waals surface area contributed by atoms with Gasteiger partial charge in [-0.05, 0) is 49.2 Å². The minimum absolute atomic E-state index is 0.154. The summed E-state index contributed by atoms with van der Waals surface area (Å²) in [6.07, 6.45) is 4.99. The molecule has 0 unspecified atom stereocenters. The second-order valence-electron chi connectivity index (χ2n) is 7.18. The number of hydrogen-bond acceptors (Lipinski definition) is 6. The molecule has 2 aromatic carbocycles. The number of rotatable bonds is 7. The van der Waals surface area contributed by atoms with Gasteiger partial charge in [-0.3, -0.25) is 9.48 Å². The summed E-state index contributed by atoms with van der Waals surface area (Å²) in [5.41, 5.74) is 0.363. The number of nitrogens with zero attached hydrogens (tertiary/aromatic N) is 2. The van der Waals surface area contributed by atoms with Gasteiger partial charge in [0, 0.05) is 37.2 Å². The molecule has 1 N–H and O–H groups in total. The smallest absolute Gasteiger partial charge is 0.257 e. The van der Waals surface area contributed by atoms with Gasteiger partial charge in [-0.2, -0.15) is 5.10 Å². The fraction of sp³-hybridized carbons (Fsp3) is 0.238. The SMILES string of the molecule is Cn1ccc(NC(=O)c2cc(Oc3ccc(S(C)(=O)=O)cc3)cc(OC3CC3)c2)n1. The summed E-state index contributed by atoms with van der Waals surface area (Å²) >= 11 is 0. The van der Waals surface area contributed by atoms with E-state index in [4.69, 9.17) is 9.47 Å². The molecule has 30 heavy (non-hydrogen) atoms. The first-order chi connectivity index (χ1) is 14.3. The summed E-state index contributed by atoms with van der Waals surface area (Å²) in [4.78, 5) is 12.9. The van der Waals surface area contributed by atoms with Crippen molar-refractivity contribution >= 4 is 21.6 Å². The van der Waals surface area contributed by atoms with Crippen LogP contribution in [-0.2, 0) is 16.9 Å². The number of nitrogens with one attached hydrogen (secondary N) is 1. The van der Waals surface area contributed by atoms with Crippen molar-refractivity contribution in [3.63, 3.8) is 0 Å². The Kier molecular flexibility index (Phi) is 5.21. The Morgan fingerprint density at radius 2 is 1.77 bits per heavy atom. The maximum atomic E-state index is 12.7. The van der Waals surface area contributed by atoms with E-state index in [9.17, 15) is 13.2 Å². The number of benzene rings is 2. The second kappa shape index (κ2) is 7.83. The van der Waals surface area contributed by atoms with Gasteiger partial charge in [0.05, 0.1) is 11.0 Å². The van der Waals surface area contributed by atoms with Crippen LogP contribution in [0.15, 0.2) is 59.6 Å². The van der Waals surface area contributed by atoms with Crippen LogP contribution in [0.1, 0.15) is 23.2 Å². The summed E-state index contributed by atoms with van der Waals surface area (Å²) < 4.78 is 36.5. The van der Waals surface area contributed by atoms with Crippen LogP contribution in [-0.4, -0.2) is 36.5 Å². The summed E-state index contributed by atoms with van der Waals surface area (Å²) in [5.74, 6) is 1.49. The number of amides is 1. The highest BCUT2D eigenvalue weighted by atomic mass is 32.2. The lowest BCUT2D eigenvalue weighted by atomic mass is 10.2. The van der Waals surface area contributed by atoms with E-state index in [1.54, 1.807) is 54.3 Å². The lowest BCUT2D eigenvalue weighted by Crippen LogP contribution is -2.13. The first-order valence-electron chi connectivity index (χ1n) is 9.37. The summed E-state index contributed by atoms with van der Waals surface area (Å²) in [7, 11) is -1.52. The summed E-state index contributed by atoms with van der Waals surface area (Å²) in [6, 6.07) is 12.8. The van der Waals surface area contributed by atoms with Gasteiger partial charge < -0.3 is 14.8 Å². The van der Waals surface area contributed by atoms with Crippen molar-refractivity contribution in [2.24, 2.45) is 7.05 Å². The Morgan fingerprint density at radius 3 is 2.37 bits per heavy atom. The van der Waals surface area contributed by atoms with Gasteiger partial charge in [0.1, 0.15) is 17.2 Å². The second-order valence-corrected chi connectivity index (χ2v) is 9.20. The van der Waals surface area contributed by atoms with E-state index in [2.05, 4.69) is 10.4 Å². The zero-order valence-corrected chi connectivity index (χ0v) is 17.3. The van der Waals surface area contributed by atoms with Gasteiger partial charge in [0.25, 0.3) is 5.91 Å². The van der Waals surface area contributed by atoms with E-state index in [-0.39, 0.29) is 16.9 Å². The van der Waals surface area contributed by atoms with Crippen LogP contribution in [0.25, 0.3) is 0 Å². The highest BCUT2D eigenvalue weighted by Crippen LogP contribution is 2.32. The maximum absolute atomic E-state index is 12.7. The Labute approximate surface area is 174 Å². The van der Waals surface area contributed by atoms with Crippen molar-refractivity contribution in [3.8, 4) is 17.2 Å². The molecule has 0 spiro atoms. The first kappa shape index (κ1) is 20.0. The van der Waals surface area contributed by atoms with Gasteiger partial charge in [0.15, 0.2) is 15.7 Å². The number of anilines is 1. The van der Waals surface area contributed by atoms with E-state index in [0.29, 0.717) is 28.6 Å². The number of aromatic nitrogens is 2. The molecule has 1 aliphatic rings. The number of aryl methyl sites for hydroxylation is 1. The van der Waals surface area contributed by atoms with Crippen LogP contribution in [0.5, 0.6) is 17.2 Å². The standard InChI is InChI=1S/C21H21N3O5S/c1-24-10-9-20(23-24)22-21(25)14-11-17(28-15-3-4-15)13-18(12-14)29-16-5-7-19(8-6-16)30(2,26)27/h5-13,15H,3-4H2,1-2H3,(H,22,23,25). The normalized spacial score (nSPS) is 13.7. The fourth-order valence-corrected chi connectivity index (χ4v) is 3.40. The zero-order valence-electron chi connectivity index (χ0n) is 16.5. The van der Waals surface area contributed by atoms with Crippen LogP contribution in [0.4, 0.5) is 5.82 Å². The molecule has 1 heterocycles. The predicted molar refractivity (Wildman–Crippen MR) is 111 cm³/mol. The third-order valence-corrected chi connectivity index (χ3v) is 5.54. The van der Waals surface area contributed by atoms with Crippen LogP contribution in [0.2, 0.25) is 0 Å². The lowest BCUT2D eigenvalue weighted by molar-refractivity contribution is 0.102. The molecule has 4 rings (SSSR count). The fourth-order valence-electron chi connectivity index (χ4n) is 2.77. The minimum Gasteiger partial charge on any atom is -0.490 e. The van der Waals surface area contributed by atoms with Gasteiger partial charge in [-0.1, -0.05) is 0 Å². The highest BCUT2D eigenvalue weighted by molar-refractivity contribution is 7.90. The van der Waals surface area contributed by atoms with Gasteiger partial charge in [-0.25, -0.2) is 8.42 Å². The average molecular weight is 427 g/mol. The van der Waals surface area contributed by atoms with E-state index in [1.165, 1.54) is 12.1 Å². The molecule has 0 radical (unpaired) electrons. The molecule has 1 aromatic heterocycles. The molecule has 0 bridgehead atoms. The molecule has 1 aliphatic carbocycles. The third kappa shape index (κ3) is 4.98. The largest absolute Gasteiger partial charge is 0.490 e. The molecule has 156 valence electrons. The van der Waals surface area contributed by atoms with Crippen LogP contribution >= 0.6 is 0 Å². The molecule has 1 saturated carbocycles. The van der Waals surface area contributed by atoms with Crippen molar-refractivity contribution in [1.29, 1.82) is 0 Å². The quantitative estimate of drug-likeness (QED) is 0.620. The van der Waals surface area contributed by atoms with E-state index >= 15 is 0 Å². The molecule has 3 aromatic rings. The Morgan fingerprint density at radius 1 is 1.07 bits per heavy atom. The van der Waals surface area contributed by atoms with Crippen molar-refractivity contribution in [2.45, 2.75) is 23.8 Å². The Hall–Kier alpha value is -3.33. The highest BCUT2D eigenvalue weighted by Gasteiger charge is 2.24. The number of hydrogen-bond donors (Lipinski definition) is 1. The lowest BCUT2D eigenvalue weighted by Gasteiger charge is -2.12. The Bertz CT molecular complexity index is 1180. The predicted octanol–water partition coefficient (Wildman–Crippen LogP) is 3.41. The van der Waals surface area contributed by atoms with Crippen molar-refractivity contribution < 1.29 is 22.7 Å². The number of sulfone groups is 1. The zero-order chi connectivity index (χ0) is 21.3. The number of ether oxygens (including phenoxy) is 2. The number of carbonyl (C=O) groups excluding carboxylic acids is 1. The summed E-state index contributed by atoms with van der Waals surface area (Å²) in [5, 5.41) is 6.89. The van der Waals surface area contributed by atoms with Gasteiger partial charge in [0.2, 0.25) is 0 Å². The van der Waals surface area contributed by atoms with Gasteiger partial charge in [-0.15, -0.1) is 0 Å². The molecule has 1 fully saturated rings. The molecular formula is C21H21N3O5S. The first-order valence-corrected chi connectivity index (χ1v) is 11.3. The molecule has 1 amide bonds. The van der Waals surface area contributed by atoms with E-state index in [0.717, 1.165) is 19.1 Å². The Balaban J connectivity index is 1.58. The molecule has 0 atom stereocenters. The maximum Gasteiger partial charge on any atom is 0.257 e. The van der Waals surface area contributed by atoms with E-state index < -0.39 is 9.84 Å². The monoisotopic (exact) mass is 427 g/mol. The average Bonchev–Trinajstić information content (AvgIpc) is 3.40. The minimum atomic E-state index is -3.29. The molecule has 9 heteroatoms. The number of carbonyl (C=O) groups is 1. The molecule has 8 nitrogen and oxygen atoms in total.